The van der Waals surface area contributed by atoms with Gasteiger partial charge in [0.15, 0.2) is 8.32 Å². The largest absolute Gasteiger partial charge is 0.442 e. The van der Waals surface area contributed by atoms with E-state index in [1.807, 2.05) is 6.07 Å². The van der Waals surface area contributed by atoms with Gasteiger partial charge in [-0.05, 0) is 31.4 Å². The Bertz CT molecular complexity index is 310. The van der Waals surface area contributed by atoms with Crippen LogP contribution < -0.4 is 5.19 Å². The van der Waals surface area contributed by atoms with Gasteiger partial charge in [0.2, 0.25) is 0 Å². The predicted octanol–water partition coefficient (Wildman–Crippen LogP) is 1.11. The maximum atomic E-state index is 6.25. The maximum absolute atomic E-state index is 6.25. The average Bonchev–Trinajstić information content (AvgIpc) is 2.16. The third-order valence-corrected chi connectivity index (χ3v) is 10.7. The lowest BCUT2D eigenvalue weighted by molar-refractivity contribution is 0.428. The second-order valence-electron chi connectivity index (χ2n) is 4.73. The molecule has 1 atom stereocenters. The van der Waals surface area contributed by atoms with E-state index in [0.29, 0.717) is 0 Å². The van der Waals surface area contributed by atoms with Crippen LogP contribution >= 0.6 is 0 Å². The summed E-state index contributed by atoms with van der Waals surface area (Å²) in [6, 6.07) is 10.4. The minimum Gasteiger partial charge on any atom is -0.442 e. The molecule has 1 unspecified atom stereocenters. The van der Waals surface area contributed by atoms with Gasteiger partial charge >= 0.3 is 8.56 Å². The van der Waals surface area contributed by atoms with Gasteiger partial charge in [-0.15, -0.1) is 0 Å². The number of rotatable bonds is 4. The first-order valence-electron chi connectivity index (χ1n) is 5.18. The van der Waals surface area contributed by atoms with E-state index in [9.17, 15) is 0 Å². The smallest absolute Gasteiger partial charge is 0.348 e. The molecule has 5 heteroatoms. The Morgan fingerprint density at radius 1 is 1.00 bits per heavy atom. The fourth-order valence-corrected chi connectivity index (χ4v) is 9.51. The van der Waals surface area contributed by atoms with E-state index in [-0.39, 0.29) is 0 Å². The molecule has 1 aromatic rings. The molecule has 0 amide bonds. The van der Waals surface area contributed by atoms with E-state index in [4.69, 9.17) is 8.23 Å². The van der Waals surface area contributed by atoms with Crippen LogP contribution in [0.5, 0.6) is 0 Å². The summed E-state index contributed by atoms with van der Waals surface area (Å²) in [6.45, 7) is 8.78. The van der Waals surface area contributed by atoms with Crippen LogP contribution in [0, 0.1) is 0 Å². The van der Waals surface area contributed by atoms with E-state index in [1.165, 1.54) is 5.19 Å². The highest BCUT2D eigenvalue weighted by Gasteiger charge is 2.36. The summed E-state index contributed by atoms with van der Waals surface area (Å²) in [4.78, 5) is 0. The summed E-state index contributed by atoms with van der Waals surface area (Å²) in [7, 11) is -2.92. The Hall–Kier alpha value is -0.209. The molecule has 0 radical (unpaired) electrons. The highest BCUT2D eigenvalue weighted by atomic mass is 28.5. The molecule has 0 aliphatic carbocycles. The number of benzene rings is 1. The Kier molecular flexibility index (Phi) is 4.07. The topological polar surface area (TPSA) is 18.5 Å². The van der Waals surface area contributed by atoms with Crippen LogP contribution in [0.2, 0.25) is 26.2 Å². The van der Waals surface area contributed by atoms with Crippen molar-refractivity contribution in [3.8, 4) is 0 Å². The van der Waals surface area contributed by atoms with Crippen LogP contribution in [0.3, 0.4) is 0 Å². The molecule has 0 aromatic heterocycles. The summed E-state index contributed by atoms with van der Waals surface area (Å²) in [5, 5.41) is 1.24. The molecule has 0 N–H and O–H groups in total. The van der Waals surface area contributed by atoms with Crippen molar-refractivity contribution in [3.63, 3.8) is 0 Å². The summed E-state index contributed by atoms with van der Waals surface area (Å²) in [6.07, 6.45) is 0. The summed E-state index contributed by atoms with van der Waals surface area (Å²) in [5.41, 5.74) is 0. The number of hydrogen-bond acceptors (Lipinski definition) is 2. The molecule has 84 valence electrons. The molecule has 1 rings (SSSR count). The van der Waals surface area contributed by atoms with Gasteiger partial charge in [0.25, 0.3) is 0 Å². The van der Waals surface area contributed by atoms with Crippen molar-refractivity contribution in [2.24, 2.45) is 0 Å². The first kappa shape index (κ1) is 12.9. The Morgan fingerprint density at radius 2 is 1.53 bits per heavy atom. The molecule has 0 heterocycles. The zero-order valence-corrected chi connectivity index (χ0v) is 14.2. The van der Waals surface area contributed by atoms with E-state index in [1.54, 1.807) is 0 Å². The predicted molar refractivity (Wildman–Crippen MR) is 73.1 cm³/mol. The van der Waals surface area contributed by atoms with E-state index in [2.05, 4.69) is 50.5 Å². The lowest BCUT2D eigenvalue weighted by atomic mass is 10.4. The van der Waals surface area contributed by atoms with Gasteiger partial charge in [-0.2, -0.15) is 0 Å². The van der Waals surface area contributed by atoms with Crippen LogP contribution in [-0.4, -0.2) is 27.4 Å². The van der Waals surface area contributed by atoms with Crippen LogP contribution in [0.15, 0.2) is 30.3 Å². The zero-order valence-electron chi connectivity index (χ0n) is 10.2. The molecular formula is C10H20O2Si3. The molecular weight excluding hydrogens is 236 g/mol. The molecule has 15 heavy (non-hydrogen) atoms. The maximum Gasteiger partial charge on any atom is 0.348 e. The second kappa shape index (κ2) is 4.75. The van der Waals surface area contributed by atoms with Crippen LogP contribution in [-0.2, 0) is 8.23 Å². The molecule has 0 saturated heterocycles. The Labute approximate surface area is 97.5 Å². The summed E-state index contributed by atoms with van der Waals surface area (Å²) < 4.78 is 12.0. The molecule has 1 aromatic carbocycles. The van der Waals surface area contributed by atoms with E-state index >= 15 is 0 Å². The van der Waals surface area contributed by atoms with Gasteiger partial charge in [-0.25, -0.2) is 0 Å². The molecule has 2 nitrogen and oxygen atoms in total. The molecule has 0 aliphatic rings. The quantitative estimate of drug-likeness (QED) is 0.752. The van der Waals surface area contributed by atoms with Crippen molar-refractivity contribution >= 4 is 32.6 Å². The number of hydrogen-bond donors (Lipinski definition) is 0. The standard InChI is InChI=1S/C10H20O2Si3/c1-14(2,3)12-15(4,11-13)10-8-6-5-7-9-10/h5-9H,1-4,13H3. The van der Waals surface area contributed by atoms with Gasteiger partial charge in [-0.1, -0.05) is 30.3 Å². The van der Waals surface area contributed by atoms with Gasteiger partial charge in [-0.3, -0.25) is 0 Å². The molecule has 0 aliphatic heterocycles. The van der Waals surface area contributed by atoms with Crippen molar-refractivity contribution < 1.29 is 8.23 Å². The zero-order chi connectivity index (χ0) is 11.5. The first-order valence-corrected chi connectivity index (χ1v) is 11.7. The molecule has 0 fully saturated rings. The van der Waals surface area contributed by atoms with Gasteiger partial charge < -0.3 is 8.23 Å². The highest BCUT2D eigenvalue weighted by molar-refractivity contribution is 6.90. The van der Waals surface area contributed by atoms with Crippen molar-refractivity contribution in [1.82, 2.24) is 0 Å². The Morgan fingerprint density at radius 3 is 1.93 bits per heavy atom. The van der Waals surface area contributed by atoms with Gasteiger partial charge in [0, 0.05) is 0 Å². The van der Waals surface area contributed by atoms with Crippen LogP contribution in [0.4, 0.5) is 0 Å². The van der Waals surface area contributed by atoms with Gasteiger partial charge in [0.05, 0.1) is 0 Å². The average molecular weight is 257 g/mol. The van der Waals surface area contributed by atoms with Crippen molar-refractivity contribution in [2.75, 3.05) is 0 Å². The van der Waals surface area contributed by atoms with Gasteiger partial charge in [0.1, 0.15) is 10.5 Å². The molecule has 0 bridgehead atoms. The fraction of sp³-hybridized carbons (Fsp3) is 0.400. The summed E-state index contributed by atoms with van der Waals surface area (Å²) in [5.74, 6) is 0. The first-order chi connectivity index (χ1) is 6.87. The van der Waals surface area contributed by atoms with Crippen molar-refractivity contribution in [3.05, 3.63) is 30.3 Å². The minimum absolute atomic E-state index is 0.734. The van der Waals surface area contributed by atoms with Crippen molar-refractivity contribution in [2.45, 2.75) is 26.2 Å². The lowest BCUT2D eigenvalue weighted by Crippen LogP contribution is -2.55. The van der Waals surface area contributed by atoms with Crippen molar-refractivity contribution in [1.29, 1.82) is 0 Å². The SMILES string of the molecule is C[Si](C)(C)O[Si](C)(O[SiH3])c1ccccc1. The minimum atomic E-state index is -2.11. The monoisotopic (exact) mass is 256 g/mol. The third-order valence-electron chi connectivity index (χ3n) is 2.19. The second-order valence-corrected chi connectivity index (χ2v) is 13.9. The van der Waals surface area contributed by atoms with E-state index in [0.717, 1.165) is 10.5 Å². The van der Waals surface area contributed by atoms with Crippen LogP contribution in [0.1, 0.15) is 0 Å². The fourth-order valence-electron chi connectivity index (χ4n) is 1.54. The molecule has 0 saturated carbocycles. The molecule has 0 spiro atoms. The lowest BCUT2D eigenvalue weighted by Gasteiger charge is -2.33. The van der Waals surface area contributed by atoms with Crippen LogP contribution in [0.25, 0.3) is 0 Å². The highest BCUT2D eigenvalue weighted by Crippen LogP contribution is 2.14. The van der Waals surface area contributed by atoms with E-state index < -0.39 is 16.9 Å². The Balaban J connectivity index is 2.96. The summed E-state index contributed by atoms with van der Waals surface area (Å²) >= 11 is 0. The third kappa shape index (κ3) is 3.69. The normalized spacial score (nSPS) is 16.3.